The minimum Gasteiger partial charge on any atom is -0.436 e. The van der Waals surface area contributed by atoms with E-state index in [9.17, 15) is 0 Å². The molecular weight excluding hydrogens is 494 g/mol. The van der Waals surface area contributed by atoms with E-state index < -0.39 is 0 Å². The van der Waals surface area contributed by atoms with E-state index in [4.69, 9.17) is 24.4 Å². The number of para-hydroxylation sites is 2. The molecule has 8 rings (SSSR count). The number of fused-ring (bicyclic) bond motifs is 4. The van der Waals surface area contributed by atoms with Gasteiger partial charge in [0.1, 0.15) is 5.52 Å². The standard InChI is InChI=1S/C34H21N5O/c1-3-11-22(12-4-1)31-36-32(24-19-20-30-27(21-24)35-33(40-30)23-13-5-2-6-14-23)38-34(37-31)39-28-17-9-7-15-25(28)26-16-8-10-18-29(26)39/h1-21H. The number of hydrogen-bond acceptors (Lipinski definition) is 5. The van der Waals surface area contributed by atoms with Gasteiger partial charge in [0.2, 0.25) is 11.8 Å². The third-order valence-corrected chi connectivity index (χ3v) is 7.10. The molecule has 6 nitrogen and oxygen atoms in total. The summed E-state index contributed by atoms with van der Waals surface area (Å²) in [7, 11) is 0. The van der Waals surface area contributed by atoms with E-state index in [1.54, 1.807) is 0 Å². The van der Waals surface area contributed by atoms with Gasteiger partial charge in [0.25, 0.3) is 0 Å². The first-order chi connectivity index (χ1) is 19.8. The van der Waals surface area contributed by atoms with E-state index >= 15 is 0 Å². The van der Waals surface area contributed by atoms with Crippen LogP contribution in [0.25, 0.3) is 73.1 Å². The van der Waals surface area contributed by atoms with E-state index in [-0.39, 0.29) is 0 Å². The van der Waals surface area contributed by atoms with Crippen LogP contribution in [0.4, 0.5) is 0 Å². The summed E-state index contributed by atoms with van der Waals surface area (Å²) in [4.78, 5) is 19.7. The van der Waals surface area contributed by atoms with Gasteiger partial charge in [0, 0.05) is 27.5 Å². The van der Waals surface area contributed by atoms with Crippen LogP contribution in [-0.4, -0.2) is 24.5 Å². The lowest BCUT2D eigenvalue weighted by molar-refractivity contribution is 0.620. The van der Waals surface area contributed by atoms with Gasteiger partial charge in [-0.25, -0.2) is 9.97 Å². The Hall–Kier alpha value is -5.62. The Morgan fingerprint density at radius 1 is 0.475 bits per heavy atom. The predicted molar refractivity (Wildman–Crippen MR) is 158 cm³/mol. The van der Waals surface area contributed by atoms with Crippen molar-refractivity contribution < 1.29 is 4.42 Å². The van der Waals surface area contributed by atoms with Gasteiger partial charge in [-0.2, -0.15) is 9.97 Å². The molecule has 0 aliphatic carbocycles. The summed E-state index contributed by atoms with van der Waals surface area (Å²) >= 11 is 0. The van der Waals surface area contributed by atoms with E-state index in [0.717, 1.165) is 44.0 Å². The van der Waals surface area contributed by atoms with Gasteiger partial charge in [-0.15, -0.1) is 0 Å². The topological polar surface area (TPSA) is 69.6 Å². The van der Waals surface area contributed by atoms with Gasteiger partial charge >= 0.3 is 0 Å². The molecule has 0 atom stereocenters. The molecule has 6 heteroatoms. The minimum atomic E-state index is 0.562. The Kier molecular flexibility index (Phi) is 5.03. The summed E-state index contributed by atoms with van der Waals surface area (Å²) in [6.45, 7) is 0. The number of rotatable bonds is 4. The number of oxazole rings is 1. The van der Waals surface area contributed by atoms with Gasteiger partial charge in [-0.3, -0.25) is 4.57 Å². The normalized spacial score (nSPS) is 11.5. The van der Waals surface area contributed by atoms with Crippen LogP contribution in [-0.2, 0) is 0 Å². The average Bonchev–Trinajstić information content (AvgIpc) is 3.61. The third-order valence-electron chi connectivity index (χ3n) is 7.10. The highest BCUT2D eigenvalue weighted by molar-refractivity contribution is 6.09. The van der Waals surface area contributed by atoms with Crippen molar-refractivity contribution >= 4 is 32.9 Å². The second-order valence-electron chi connectivity index (χ2n) is 9.59. The first-order valence-corrected chi connectivity index (χ1v) is 13.1. The van der Waals surface area contributed by atoms with Crippen molar-refractivity contribution in [3.05, 3.63) is 127 Å². The van der Waals surface area contributed by atoms with Gasteiger partial charge in [-0.1, -0.05) is 84.9 Å². The third kappa shape index (κ3) is 3.66. The number of nitrogens with zero attached hydrogens (tertiary/aromatic N) is 5. The van der Waals surface area contributed by atoms with Crippen molar-refractivity contribution in [1.82, 2.24) is 24.5 Å². The zero-order valence-electron chi connectivity index (χ0n) is 21.3. The van der Waals surface area contributed by atoms with Crippen LogP contribution in [0.15, 0.2) is 132 Å². The smallest absolute Gasteiger partial charge is 0.238 e. The van der Waals surface area contributed by atoms with Gasteiger partial charge in [0.15, 0.2) is 17.2 Å². The van der Waals surface area contributed by atoms with Crippen LogP contribution in [0.2, 0.25) is 0 Å². The molecule has 0 unspecified atom stereocenters. The van der Waals surface area contributed by atoms with Crippen LogP contribution >= 0.6 is 0 Å². The van der Waals surface area contributed by atoms with Crippen molar-refractivity contribution in [3.63, 3.8) is 0 Å². The average molecular weight is 516 g/mol. The molecule has 0 N–H and O–H groups in total. The van der Waals surface area contributed by atoms with Crippen LogP contribution in [0.1, 0.15) is 0 Å². The molecule has 0 fully saturated rings. The first-order valence-electron chi connectivity index (χ1n) is 13.1. The number of benzene rings is 5. The summed E-state index contributed by atoms with van der Waals surface area (Å²) in [6, 6.07) is 42.5. The van der Waals surface area contributed by atoms with Crippen LogP contribution in [0.5, 0.6) is 0 Å². The molecule has 188 valence electrons. The minimum absolute atomic E-state index is 0.562. The van der Waals surface area contributed by atoms with Crippen molar-refractivity contribution in [3.8, 4) is 40.2 Å². The summed E-state index contributed by atoms with van der Waals surface area (Å²) in [5, 5.41) is 2.30. The molecule has 0 amide bonds. The van der Waals surface area contributed by atoms with Crippen LogP contribution in [0, 0.1) is 0 Å². The Bertz CT molecular complexity index is 2110. The molecule has 3 aromatic heterocycles. The lowest BCUT2D eigenvalue weighted by atomic mass is 10.2. The highest BCUT2D eigenvalue weighted by atomic mass is 16.3. The fraction of sp³-hybridized carbons (Fsp3) is 0. The number of aromatic nitrogens is 5. The van der Waals surface area contributed by atoms with E-state index in [0.29, 0.717) is 29.1 Å². The molecule has 0 aliphatic heterocycles. The van der Waals surface area contributed by atoms with E-state index in [1.807, 2.05) is 91.0 Å². The maximum Gasteiger partial charge on any atom is 0.238 e. The molecule has 0 spiro atoms. The quantitative estimate of drug-likeness (QED) is 0.237. The summed E-state index contributed by atoms with van der Waals surface area (Å²) in [5.41, 5.74) is 6.22. The molecule has 0 saturated carbocycles. The SMILES string of the molecule is c1ccc(-c2nc(-c3ccc4oc(-c5ccccc5)nc4c3)nc(-n3c4ccccc4c4ccccc43)n2)cc1. The maximum absolute atomic E-state index is 6.05. The Morgan fingerprint density at radius 3 is 1.73 bits per heavy atom. The lowest BCUT2D eigenvalue weighted by Gasteiger charge is -2.10. The molecule has 0 bridgehead atoms. The van der Waals surface area contributed by atoms with Crippen LogP contribution in [0.3, 0.4) is 0 Å². The highest BCUT2D eigenvalue weighted by Crippen LogP contribution is 2.33. The molecular formula is C34H21N5O. The molecule has 8 aromatic rings. The Morgan fingerprint density at radius 2 is 1.05 bits per heavy atom. The van der Waals surface area contributed by atoms with E-state index in [1.165, 1.54) is 0 Å². The molecule has 0 saturated heterocycles. The summed E-state index contributed by atoms with van der Waals surface area (Å²) in [5.74, 6) is 2.32. The molecule has 0 aliphatic rings. The molecule has 5 aromatic carbocycles. The van der Waals surface area contributed by atoms with Crippen molar-refractivity contribution in [2.75, 3.05) is 0 Å². The Balaban J connectivity index is 1.36. The zero-order chi connectivity index (χ0) is 26.5. The van der Waals surface area contributed by atoms with Gasteiger partial charge in [0.05, 0.1) is 11.0 Å². The number of hydrogen-bond donors (Lipinski definition) is 0. The maximum atomic E-state index is 6.05. The molecule has 3 heterocycles. The van der Waals surface area contributed by atoms with Crippen LogP contribution < -0.4 is 0 Å². The predicted octanol–water partition coefficient (Wildman–Crippen LogP) is 8.11. The molecule has 0 radical (unpaired) electrons. The fourth-order valence-corrected chi connectivity index (χ4v) is 5.22. The van der Waals surface area contributed by atoms with E-state index in [2.05, 4.69) is 41.0 Å². The summed E-state index contributed by atoms with van der Waals surface area (Å²) in [6.07, 6.45) is 0. The molecule has 40 heavy (non-hydrogen) atoms. The highest BCUT2D eigenvalue weighted by Gasteiger charge is 2.18. The monoisotopic (exact) mass is 515 g/mol. The second kappa shape index (κ2) is 8.99. The Labute approximate surface area is 229 Å². The van der Waals surface area contributed by atoms with Crippen molar-refractivity contribution in [2.24, 2.45) is 0 Å². The zero-order valence-corrected chi connectivity index (χ0v) is 21.3. The fourth-order valence-electron chi connectivity index (χ4n) is 5.22. The van der Waals surface area contributed by atoms with Gasteiger partial charge < -0.3 is 4.42 Å². The van der Waals surface area contributed by atoms with Crippen molar-refractivity contribution in [1.29, 1.82) is 0 Å². The summed E-state index contributed by atoms with van der Waals surface area (Å²) < 4.78 is 8.16. The second-order valence-corrected chi connectivity index (χ2v) is 9.59. The van der Waals surface area contributed by atoms with Gasteiger partial charge in [-0.05, 0) is 42.5 Å². The van der Waals surface area contributed by atoms with Crippen molar-refractivity contribution in [2.45, 2.75) is 0 Å². The largest absolute Gasteiger partial charge is 0.436 e. The first kappa shape index (κ1) is 22.4. The lowest BCUT2D eigenvalue weighted by Crippen LogP contribution is -2.06.